The maximum atomic E-state index is 4.65. The Kier molecular flexibility index (Phi) is 4.36. The Morgan fingerprint density at radius 2 is 2.05 bits per heavy atom. The Balaban J connectivity index is 1.57. The number of nitrogens with one attached hydrogen (secondary N) is 1. The van der Waals surface area contributed by atoms with Crippen molar-refractivity contribution < 1.29 is 0 Å². The van der Waals surface area contributed by atoms with Crippen LogP contribution in [0.5, 0.6) is 0 Å². The molecular formula is C17H25N3. The molecule has 3 heteroatoms. The van der Waals surface area contributed by atoms with Gasteiger partial charge in [-0.2, -0.15) is 0 Å². The number of hydrogen-bond donors (Lipinski definition) is 1. The number of rotatable bonds is 4. The van der Waals surface area contributed by atoms with Crippen molar-refractivity contribution in [3.63, 3.8) is 0 Å². The minimum Gasteiger partial charge on any atom is -0.308 e. The van der Waals surface area contributed by atoms with Crippen LogP contribution in [0, 0.1) is 5.92 Å². The fourth-order valence-electron chi connectivity index (χ4n) is 3.32. The lowest BCUT2D eigenvalue weighted by Crippen LogP contribution is -2.33. The Bertz CT molecular complexity index is 505. The highest BCUT2D eigenvalue weighted by Crippen LogP contribution is 2.25. The second-order valence-corrected chi connectivity index (χ2v) is 6.12. The van der Waals surface area contributed by atoms with Gasteiger partial charge in [-0.05, 0) is 37.8 Å². The molecule has 2 heterocycles. The van der Waals surface area contributed by atoms with Gasteiger partial charge in [-0.1, -0.05) is 31.7 Å². The summed E-state index contributed by atoms with van der Waals surface area (Å²) in [6.45, 7) is 3.21. The normalized spacial score (nSPS) is 19.1. The van der Waals surface area contributed by atoms with Crippen LogP contribution in [0.1, 0.15) is 51.1 Å². The largest absolute Gasteiger partial charge is 0.308 e. The molecule has 0 spiro atoms. The van der Waals surface area contributed by atoms with Crippen LogP contribution in [-0.4, -0.2) is 15.4 Å². The summed E-state index contributed by atoms with van der Waals surface area (Å²) in [5.74, 6) is 0.842. The molecule has 20 heavy (non-hydrogen) atoms. The van der Waals surface area contributed by atoms with Crippen LogP contribution in [0.15, 0.2) is 30.6 Å². The first-order valence-electron chi connectivity index (χ1n) is 7.99. The summed E-state index contributed by atoms with van der Waals surface area (Å²) in [4.78, 5) is 4.65. The summed E-state index contributed by atoms with van der Waals surface area (Å²) < 4.78 is 2.09. The smallest absolute Gasteiger partial charge is 0.137 e. The van der Waals surface area contributed by atoms with Crippen LogP contribution in [0.25, 0.3) is 5.65 Å². The molecule has 2 aromatic heterocycles. The summed E-state index contributed by atoms with van der Waals surface area (Å²) in [6, 6.07) is 6.73. The monoisotopic (exact) mass is 271 g/mol. The quantitative estimate of drug-likeness (QED) is 0.857. The van der Waals surface area contributed by atoms with Gasteiger partial charge in [0.1, 0.15) is 5.65 Å². The second kappa shape index (κ2) is 6.40. The predicted molar refractivity (Wildman–Crippen MR) is 82.7 cm³/mol. The molecule has 2 aromatic rings. The number of aromatic nitrogens is 2. The average molecular weight is 271 g/mol. The van der Waals surface area contributed by atoms with Gasteiger partial charge in [0.05, 0.1) is 5.69 Å². The third kappa shape index (κ3) is 3.21. The molecule has 0 radical (unpaired) electrons. The summed E-state index contributed by atoms with van der Waals surface area (Å²) in [5.41, 5.74) is 2.17. The zero-order chi connectivity index (χ0) is 13.8. The topological polar surface area (TPSA) is 29.3 Å². The molecule has 0 amide bonds. The Morgan fingerprint density at radius 1 is 1.25 bits per heavy atom. The molecule has 108 valence electrons. The zero-order valence-electron chi connectivity index (χ0n) is 12.4. The zero-order valence-corrected chi connectivity index (χ0v) is 12.4. The molecule has 0 aromatic carbocycles. The molecule has 1 aliphatic carbocycles. The van der Waals surface area contributed by atoms with E-state index in [4.69, 9.17) is 0 Å². The van der Waals surface area contributed by atoms with Crippen LogP contribution in [-0.2, 0) is 6.54 Å². The van der Waals surface area contributed by atoms with E-state index >= 15 is 0 Å². The van der Waals surface area contributed by atoms with Gasteiger partial charge in [-0.3, -0.25) is 0 Å². The van der Waals surface area contributed by atoms with Gasteiger partial charge >= 0.3 is 0 Å². The van der Waals surface area contributed by atoms with Gasteiger partial charge in [0.2, 0.25) is 0 Å². The second-order valence-electron chi connectivity index (χ2n) is 6.12. The summed E-state index contributed by atoms with van der Waals surface area (Å²) in [5, 5.41) is 3.68. The average Bonchev–Trinajstić information content (AvgIpc) is 2.69. The highest BCUT2D eigenvalue weighted by atomic mass is 15.0. The highest BCUT2D eigenvalue weighted by Gasteiger charge is 2.18. The van der Waals surface area contributed by atoms with Crippen molar-refractivity contribution in [3.8, 4) is 0 Å². The molecule has 1 N–H and O–H groups in total. The third-order valence-corrected chi connectivity index (χ3v) is 4.63. The fraction of sp³-hybridized carbons (Fsp3) is 0.588. The number of nitrogens with zero attached hydrogens (tertiary/aromatic N) is 2. The SMILES string of the molecule is C[C@H](NCc1cn2ccccc2n1)C1CCCCCC1. The fourth-order valence-corrected chi connectivity index (χ4v) is 3.32. The summed E-state index contributed by atoms with van der Waals surface area (Å²) >= 11 is 0. The lowest BCUT2D eigenvalue weighted by molar-refractivity contribution is 0.336. The van der Waals surface area contributed by atoms with Crippen LogP contribution in [0.4, 0.5) is 0 Å². The molecule has 0 saturated heterocycles. The van der Waals surface area contributed by atoms with E-state index in [0.717, 1.165) is 23.8 Å². The van der Waals surface area contributed by atoms with Crippen molar-refractivity contribution in [2.45, 2.75) is 58.0 Å². The third-order valence-electron chi connectivity index (χ3n) is 4.63. The van der Waals surface area contributed by atoms with Gasteiger partial charge in [0.15, 0.2) is 0 Å². The van der Waals surface area contributed by atoms with Crippen LogP contribution >= 0.6 is 0 Å². The minimum atomic E-state index is 0.595. The van der Waals surface area contributed by atoms with Gasteiger partial charge in [-0.25, -0.2) is 4.98 Å². The van der Waals surface area contributed by atoms with Crippen LogP contribution in [0.3, 0.4) is 0 Å². The number of imidazole rings is 1. The molecule has 1 fully saturated rings. The van der Waals surface area contributed by atoms with Crippen molar-refractivity contribution in [3.05, 3.63) is 36.3 Å². The van der Waals surface area contributed by atoms with Crippen molar-refractivity contribution in [1.82, 2.24) is 14.7 Å². The van der Waals surface area contributed by atoms with E-state index in [-0.39, 0.29) is 0 Å². The molecule has 3 nitrogen and oxygen atoms in total. The van der Waals surface area contributed by atoms with Gasteiger partial charge < -0.3 is 9.72 Å². The Labute approximate surface area is 121 Å². The van der Waals surface area contributed by atoms with Crippen molar-refractivity contribution in [2.75, 3.05) is 0 Å². The van der Waals surface area contributed by atoms with Crippen LogP contribution in [0.2, 0.25) is 0 Å². The molecular weight excluding hydrogens is 246 g/mol. The van der Waals surface area contributed by atoms with E-state index in [1.165, 1.54) is 38.5 Å². The first-order valence-corrected chi connectivity index (χ1v) is 7.99. The molecule has 1 atom stereocenters. The maximum Gasteiger partial charge on any atom is 0.137 e. The van der Waals surface area contributed by atoms with E-state index in [2.05, 4.69) is 40.1 Å². The van der Waals surface area contributed by atoms with E-state index in [1.54, 1.807) is 0 Å². The lowest BCUT2D eigenvalue weighted by atomic mass is 9.93. The minimum absolute atomic E-state index is 0.595. The van der Waals surface area contributed by atoms with Crippen molar-refractivity contribution in [1.29, 1.82) is 0 Å². The van der Waals surface area contributed by atoms with Gasteiger partial charge in [0.25, 0.3) is 0 Å². The summed E-state index contributed by atoms with van der Waals surface area (Å²) in [7, 11) is 0. The number of pyridine rings is 1. The molecule has 0 bridgehead atoms. The van der Waals surface area contributed by atoms with Gasteiger partial charge in [0, 0.05) is 25.0 Å². The molecule has 3 rings (SSSR count). The standard InChI is InChI=1S/C17H25N3/c1-14(15-8-4-2-3-5-9-15)18-12-16-13-20-11-7-6-10-17(20)19-16/h6-7,10-11,13-15,18H,2-5,8-9,12H2,1H3/t14-/m0/s1. The van der Waals surface area contributed by atoms with Gasteiger partial charge in [-0.15, -0.1) is 0 Å². The Morgan fingerprint density at radius 3 is 2.80 bits per heavy atom. The first-order chi connectivity index (χ1) is 9.83. The van der Waals surface area contributed by atoms with E-state index in [0.29, 0.717) is 6.04 Å². The van der Waals surface area contributed by atoms with Crippen molar-refractivity contribution in [2.24, 2.45) is 5.92 Å². The molecule has 1 saturated carbocycles. The molecule has 0 unspecified atom stereocenters. The Hall–Kier alpha value is -1.35. The predicted octanol–water partition coefficient (Wildman–Crippen LogP) is 3.78. The lowest BCUT2D eigenvalue weighted by Gasteiger charge is -2.23. The van der Waals surface area contributed by atoms with Crippen LogP contribution < -0.4 is 5.32 Å². The first kappa shape index (κ1) is 13.6. The van der Waals surface area contributed by atoms with E-state index < -0.39 is 0 Å². The highest BCUT2D eigenvalue weighted by molar-refractivity contribution is 5.39. The maximum absolute atomic E-state index is 4.65. The molecule has 0 aliphatic heterocycles. The van der Waals surface area contributed by atoms with Crippen molar-refractivity contribution >= 4 is 5.65 Å². The number of fused-ring (bicyclic) bond motifs is 1. The summed E-state index contributed by atoms with van der Waals surface area (Å²) in [6.07, 6.45) is 12.6. The van der Waals surface area contributed by atoms with E-state index in [9.17, 15) is 0 Å². The van der Waals surface area contributed by atoms with E-state index in [1.807, 2.05) is 12.1 Å². The number of hydrogen-bond acceptors (Lipinski definition) is 2. The molecule has 1 aliphatic rings.